The van der Waals surface area contributed by atoms with Gasteiger partial charge < -0.3 is 14.8 Å². The predicted molar refractivity (Wildman–Crippen MR) is 134 cm³/mol. The Morgan fingerprint density at radius 3 is 2.15 bits per heavy atom. The van der Waals surface area contributed by atoms with Crippen LogP contribution in [0.2, 0.25) is 15.1 Å². The molecule has 0 aliphatic carbocycles. The molecule has 0 aromatic heterocycles. The Kier molecular flexibility index (Phi) is 8.67. The summed E-state index contributed by atoms with van der Waals surface area (Å²) in [6, 6.07) is 15.2. The lowest BCUT2D eigenvalue weighted by Gasteiger charge is -2.23. The van der Waals surface area contributed by atoms with Crippen LogP contribution in [-0.4, -0.2) is 39.4 Å². The molecule has 0 unspecified atom stereocenters. The van der Waals surface area contributed by atoms with Crippen LogP contribution in [-0.2, 0) is 21.4 Å². The molecule has 0 aliphatic rings. The molecule has 34 heavy (non-hydrogen) atoms. The van der Waals surface area contributed by atoms with E-state index in [0.29, 0.717) is 32.8 Å². The van der Waals surface area contributed by atoms with Gasteiger partial charge in [0, 0.05) is 33.4 Å². The van der Waals surface area contributed by atoms with Crippen molar-refractivity contribution in [2.45, 2.75) is 11.4 Å². The fourth-order valence-corrected chi connectivity index (χ4v) is 5.06. The van der Waals surface area contributed by atoms with E-state index in [9.17, 15) is 13.2 Å². The van der Waals surface area contributed by atoms with Crippen molar-refractivity contribution in [2.75, 3.05) is 26.1 Å². The molecule has 1 amide bonds. The van der Waals surface area contributed by atoms with Gasteiger partial charge in [0.05, 0.1) is 25.7 Å². The first-order valence-corrected chi connectivity index (χ1v) is 12.4. The average Bonchev–Trinajstić information content (AvgIpc) is 2.80. The minimum Gasteiger partial charge on any atom is -0.493 e. The summed E-state index contributed by atoms with van der Waals surface area (Å²) in [7, 11) is -1.11. The van der Waals surface area contributed by atoms with Gasteiger partial charge in [0.1, 0.15) is 0 Å². The van der Waals surface area contributed by atoms with Gasteiger partial charge >= 0.3 is 0 Å². The van der Waals surface area contributed by atoms with Crippen LogP contribution in [0.4, 0.5) is 5.69 Å². The van der Waals surface area contributed by atoms with E-state index in [4.69, 9.17) is 44.3 Å². The zero-order chi connectivity index (χ0) is 24.9. The quantitative estimate of drug-likeness (QED) is 0.386. The van der Waals surface area contributed by atoms with E-state index < -0.39 is 22.5 Å². The number of sulfonamides is 1. The Bertz CT molecular complexity index is 1280. The minimum absolute atomic E-state index is 0.0131. The number of ether oxygens (including phenoxy) is 2. The van der Waals surface area contributed by atoms with Gasteiger partial charge in [-0.1, -0.05) is 40.9 Å². The molecule has 0 saturated heterocycles. The molecular weight excluding hydrogens is 523 g/mol. The standard InChI is InChI=1S/C23H21Cl3N2O5S/c1-32-21-10-7-18(12-22(21)33-2)27-23(29)14-28(13-15-3-4-17(25)11-20(15)26)34(30,31)19-8-5-16(24)6-9-19/h3-12H,13-14H2,1-2H3,(H,27,29). The summed E-state index contributed by atoms with van der Waals surface area (Å²) in [6.45, 7) is -0.626. The Hall–Kier alpha value is -2.49. The van der Waals surface area contributed by atoms with Gasteiger partial charge in [-0.05, 0) is 54.1 Å². The lowest BCUT2D eigenvalue weighted by molar-refractivity contribution is -0.116. The van der Waals surface area contributed by atoms with Crippen LogP contribution < -0.4 is 14.8 Å². The molecule has 1 N–H and O–H groups in total. The molecule has 0 heterocycles. The highest BCUT2D eigenvalue weighted by Crippen LogP contribution is 2.30. The van der Waals surface area contributed by atoms with Gasteiger partial charge in [0.15, 0.2) is 11.5 Å². The number of halogens is 3. The second kappa shape index (κ2) is 11.3. The molecule has 0 radical (unpaired) electrons. The zero-order valence-corrected chi connectivity index (χ0v) is 21.3. The molecule has 0 spiro atoms. The summed E-state index contributed by atoms with van der Waals surface area (Å²) in [5.41, 5.74) is 0.901. The van der Waals surface area contributed by atoms with Crippen LogP contribution in [0.1, 0.15) is 5.56 Å². The van der Waals surface area contributed by atoms with Crippen molar-refractivity contribution < 1.29 is 22.7 Å². The van der Waals surface area contributed by atoms with Crippen molar-refractivity contribution in [3.8, 4) is 11.5 Å². The number of methoxy groups -OCH3 is 2. The third-order valence-corrected chi connectivity index (χ3v) is 7.45. The topological polar surface area (TPSA) is 84.9 Å². The maximum atomic E-state index is 13.4. The molecule has 0 aliphatic heterocycles. The Morgan fingerprint density at radius 1 is 0.882 bits per heavy atom. The normalized spacial score (nSPS) is 11.4. The summed E-state index contributed by atoms with van der Waals surface area (Å²) in [5.74, 6) is 0.346. The fraction of sp³-hybridized carbons (Fsp3) is 0.174. The number of rotatable bonds is 9. The molecule has 0 saturated carbocycles. The van der Waals surface area contributed by atoms with Crippen LogP contribution >= 0.6 is 34.8 Å². The van der Waals surface area contributed by atoms with Gasteiger partial charge in [-0.25, -0.2) is 8.42 Å². The number of anilines is 1. The minimum atomic E-state index is -4.08. The van der Waals surface area contributed by atoms with Gasteiger partial charge in [-0.2, -0.15) is 4.31 Å². The number of nitrogens with one attached hydrogen (secondary N) is 1. The SMILES string of the molecule is COc1ccc(NC(=O)CN(Cc2ccc(Cl)cc2Cl)S(=O)(=O)c2ccc(Cl)cc2)cc1OC. The molecule has 0 atom stereocenters. The highest BCUT2D eigenvalue weighted by atomic mass is 35.5. The maximum absolute atomic E-state index is 13.4. The summed E-state index contributed by atoms with van der Waals surface area (Å²) in [5, 5.41) is 3.76. The van der Waals surface area contributed by atoms with Crippen molar-refractivity contribution in [3.63, 3.8) is 0 Å². The van der Waals surface area contributed by atoms with E-state index in [1.165, 1.54) is 44.6 Å². The largest absolute Gasteiger partial charge is 0.493 e. The third kappa shape index (κ3) is 6.34. The molecule has 11 heteroatoms. The number of hydrogen-bond acceptors (Lipinski definition) is 5. The lowest BCUT2D eigenvalue weighted by Crippen LogP contribution is -2.37. The molecule has 3 aromatic rings. The van der Waals surface area contributed by atoms with Gasteiger partial charge in [0.2, 0.25) is 15.9 Å². The molecule has 0 fully saturated rings. The van der Waals surface area contributed by atoms with Gasteiger partial charge in [0.25, 0.3) is 0 Å². The maximum Gasteiger partial charge on any atom is 0.243 e. The van der Waals surface area contributed by atoms with Crippen molar-refractivity contribution in [1.29, 1.82) is 0 Å². The number of benzene rings is 3. The molecular formula is C23H21Cl3N2O5S. The Balaban J connectivity index is 1.90. The fourth-order valence-electron chi connectivity index (χ4n) is 3.10. The van der Waals surface area contributed by atoms with Crippen LogP contribution in [0.25, 0.3) is 0 Å². The highest BCUT2D eigenvalue weighted by molar-refractivity contribution is 7.89. The second-order valence-electron chi connectivity index (χ2n) is 7.08. The predicted octanol–water partition coefficient (Wildman–Crippen LogP) is 5.49. The number of hydrogen-bond donors (Lipinski definition) is 1. The molecule has 3 aromatic carbocycles. The first-order chi connectivity index (χ1) is 16.1. The smallest absolute Gasteiger partial charge is 0.243 e. The zero-order valence-electron chi connectivity index (χ0n) is 18.2. The highest BCUT2D eigenvalue weighted by Gasteiger charge is 2.28. The number of amides is 1. The lowest BCUT2D eigenvalue weighted by atomic mass is 10.2. The number of carbonyl (C=O) groups excluding carboxylic acids is 1. The van der Waals surface area contributed by atoms with E-state index >= 15 is 0 Å². The summed E-state index contributed by atoms with van der Waals surface area (Å²) in [4.78, 5) is 12.9. The van der Waals surface area contributed by atoms with E-state index in [2.05, 4.69) is 5.32 Å². The second-order valence-corrected chi connectivity index (χ2v) is 10.3. The number of carbonyl (C=O) groups is 1. The van der Waals surface area contributed by atoms with Gasteiger partial charge in [-0.15, -0.1) is 0 Å². The summed E-state index contributed by atoms with van der Waals surface area (Å²) in [6.07, 6.45) is 0. The first-order valence-electron chi connectivity index (χ1n) is 9.85. The molecule has 3 rings (SSSR count). The van der Waals surface area contributed by atoms with Crippen LogP contribution in [0.5, 0.6) is 11.5 Å². The van der Waals surface area contributed by atoms with E-state index in [1.807, 2.05) is 0 Å². The molecule has 0 bridgehead atoms. The van der Waals surface area contributed by atoms with Crippen LogP contribution in [0.3, 0.4) is 0 Å². The molecule has 180 valence electrons. The summed E-state index contributed by atoms with van der Waals surface area (Å²) < 4.78 is 38.3. The average molecular weight is 544 g/mol. The van der Waals surface area contributed by atoms with Crippen molar-refractivity contribution in [1.82, 2.24) is 4.31 Å². The Morgan fingerprint density at radius 2 is 1.53 bits per heavy atom. The number of nitrogens with zero attached hydrogens (tertiary/aromatic N) is 1. The first kappa shape index (κ1) is 26.1. The van der Waals surface area contributed by atoms with Crippen molar-refractivity contribution in [3.05, 3.63) is 81.3 Å². The molecule has 7 nitrogen and oxygen atoms in total. The van der Waals surface area contributed by atoms with Gasteiger partial charge in [-0.3, -0.25) is 4.79 Å². The third-order valence-electron chi connectivity index (χ3n) is 4.80. The Labute approximate surface area is 213 Å². The van der Waals surface area contributed by atoms with Crippen molar-refractivity contribution >= 4 is 56.4 Å². The van der Waals surface area contributed by atoms with Crippen LogP contribution in [0, 0.1) is 0 Å². The monoisotopic (exact) mass is 542 g/mol. The van der Waals surface area contributed by atoms with E-state index in [0.717, 1.165) is 4.31 Å². The van der Waals surface area contributed by atoms with E-state index in [-0.39, 0.29) is 16.5 Å². The van der Waals surface area contributed by atoms with E-state index in [1.54, 1.807) is 30.3 Å². The summed E-state index contributed by atoms with van der Waals surface area (Å²) >= 11 is 18.1. The van der Waals surface area contributed by atoms with Crippen LogP contribution in [0.15, 0.2) is 65.6 Å². The van der Waals surface area contributed by atoms with Crippen molar-refractivity contribution in [2.24, 2.45) is 0 Å².